The zero-order valence-corrected chi connectivity index (χ0v) is 26.8. The van der Waals surface area contributed by atoms with Gasteiger partial charge >= 0.3 is 0 Å². The van der Waals surface area contributed by atoms with E-state index in [0.29, 0.717) is 33.7 Å². The van der Waals surface area contributed by atoms with Crippen molar-refractivity contribution in [1.29, 1.82) is 0 Å². The summed E-state index contributed by atoms with van der Waals surface area (Å²) in [6.45, 7) is 8.91. The van der Waals surface area contributed by atoms with Crippen molar-refractivity contribution in [2.45, 2.75) is 64.1 Å². The van der Waals surface area contributed by atoms with E-state index in [4.69, 9.17) is 27.9 Å². The summed E-state index contributed by atoms with van der Waals surface area (Å²) in [6.07, 6.45) is 0.271. The lowest BCUT2D eigenvalue weighted by molar-refractivity contribution is -0.141. The lowest BCUT2D eigenvalue weighted by atomic mass is 10.1. The third kappa shape index (κ3) is 8.40. The summed E-state index contributed by atoms with van der Waals surface area (Å²) in [5.74, 6) is -0.445. The Morgan fingerprint density at radius 2 is 1.50 bits per heavy atom. The van der Waals surface area contributed by atoms with E-state index in [2.05, 4.69) is 5.32 Å². The molecule has 0 aliphatic carbocycles. The molecule has 0 aliphatic rings. The van der Waals surface area contributed by atoms with Crippen molar-refractivity contribution in [3.05, 3.63) is 88.4 Å². The molecular weight excluding hydrogens is 597 g/mol. The Bertz CT molecular complexity index is 1460. The van der Waals surface area contributed by atoms with Crippen LogP contribution in [-0.2, 0) is 26.2 Å². The number of hydrogen-bond acceptors (Lipinski definition) is 5. The Hall–Kier alpha value is -3.27. The van der Waals surface area contributed by atoms with Crippen molar-refractivity contribution < 1.29 is 22.7 Å². The van der Waals surface area contributed by atoms with Crippen LogP contribution in [0.3, 0.4) is 0 Å². The number of amides is 2. The van der Waals surface area contributed by atoms with Crippen LogP contribution in [0.2, 0.25) is 10.0 Å². The summed E-state index contributed by atoms with van der Waals surface area (Å²) in [6, 6.07) is 18.4. The maximum absolute atomic E-state index is 14.2. The highest BCUT2D eigenvalue weighted by Gasteiger charge is 2.35. The first kappa shape index (κ1) is 33.2. The second-order valence-electron chi connectivity index (χ2n) is 10.6. The number of carbonyl (C=O) groups excluding carboxylic acids is 2. The predicted molar refractivity (Wildman–Crippen MR) is 168 cm³/mol. The Morgan fingerprint density at radius 3 is 2.02 bits per heavy atom. The minimum Gasteiger partial charge on any atom is -0.494 e. The molecule has 0 bridgehead atoms. The van der Waals surface area contributed by atoms with Crippen LogP contribution in [0.15, 0.2) is 77.7 Å². The molecule has 1 atom stereocenters. The lowest BCUT2D eigenvalue weighted by Gasteiger charge is -2.35. The van der Waals surface area contributed by atoms with Crippen molar-refractivity contribution >= 4 is 50.7 Å². The number of anilines is 1. The molecule has 3 rings (SSSR count). The summed E-state index contributed by atoms with van der Waals surface area (Å²) in [7, 11) is -4.21. The molecular formula is C31H37Cl2N3O5S. The molecule has 0 spiro atoms. The minimum absolute atomic E-state index is 0.0131. The van der Waals surface area contributed by atoms with E-state index in [1.807, 2.05) is 27.7 Å². The van der Waals surface area contributed by atoms with Crippen LogP contribution in [0.1, 0.15) is 46.6 Å². The summed E-state index contributed by atoms with van der Waals surface area (Å²) in [4.78, 5) is 28.9. The van der Waals surface area contributed by atoms with Crippen LogP contribution in [-0.4, -0.2) is 49.9 Å². The number of halogens is 2. The SMILES string of the molecule is CCOc1ccc(S(=O)(=O)N(CC(=O)N(Cc2c(Cl)cccc2Cl)C(CC)C(=O)NC(C)(C)C)c2ccccc2)cc1. The molecule has 3 aromatic rings. The largest absolute Gasteiger partial charge is 0.494 e. The minimum atomic E-state index is -4.21. The van der Waals surface area contributed by atoms with Crippen LogP contribution in [0.5, 0.6) is 5.75 Å². The maximum atomic E-state index is 14.2. The Kier molecular flexibility index (Phi) is 11.3. The van der Waals surface area contributed by atoms with E-state index in [1.165, 1.54) is 17.0 Å². The van der Waals surface area contributed by atoms with Crippen LogP contribution < -0.4 is 14.4 Å². The van der Waals surface area contributed by atoms with Gasteiger partial charge in [-0.2, -0.15) is 0 Å². The molecule has 0 fully saturated rings. The molecule has 0 saturated heterocycles. The summed E-state index contributed by atoms with van der Waals surface area (Å²) in [5, 5.41) is 3.59. The van der Waals surface area contributed by atoms with Gasteiger partial charge in [0.2, 0.25) is 11.8 Å². The van der Waals surface area contributed by atoms with Gasteiger partial charge in [0, 0.05) is 27.7 Å². The van der Waals surface area contributed by atoms with Gasteiger partial charge in [-0.25, -0.2) is 8.42 Å². The van der Waals surface area contributed by atoms with Crippen molar-refractivity contribution in [3.63, 3.8) is 0 Å². The summed E-state index contributed by atoms with van der Waals surface area (Å²) in [5.41, 5.74) is 0.188. The topological polar surface area (TPSA) is 96.0 Å². The molecule has 0 aliphatic heterocycles. The van der Waals surface area contributed by atoms with Gasteiger partial charge < -0.3 is 15.0 Å². The highest BCUT2D eigenvalue weighted by molar-refractivity contribution is 7.92. The number of para-hydroxylation sites is 1. The molecule has 0 radical (unpaired) electrons. The van der Waals surface area contributed by atoms with Gasteiger partial charge in [-0.15, -0.1) is 0 Å². The highest BCUT2D eigenvalue weighted by Crippen LogP contribution is 2.29. The van der Waals surface area contributed by atoms with Crippen LogP contribution in [0.25, 0.3) is 0 Å². The number of nitrogens with one attached hydrogen (secondary N) is 1. The summed E-state index contributed by atoms with van der Waals surface area (Å²) < 4.78 is 34.5. The van der Waals surface area contributed by atoms with E-state index in [0.717, 1.165) is 4.31 Å². The average molecular weight is 635 g/mol. The number of hydrogen-bond donors (Lipinski definition) is 1. The van der Waals surface area contributed by atoms with Gasteiger partial charge in [0.25, 0.3) is 10.0 Å². The molecule has 2 amide bonds. The molecule has 226 valence electrons. The number of carbonyl (C=O) groups is 2. The number of nitrogens with zero attached hydrogens (tertiary/aromatic N) is 2. The van der Waals surface area contributed by atoms with Crippen molar-refractivity contribution in [3.8, 4) is 5.75 Å². The molecule has 3 aromatic carbocycles. The average Bonchev–Trinajstić information content (AvgIpc) is 2.93. The zero-order valence-electron chi connectivity index (χ0n) is 24.4. The van der Waals surface area contributed by atoms with Gasteiger partial charge in [-0.1, -0.05) is 54.4 Å². The zero-order chi connectivity index (χ0) is 31.1. The van der Waals surface area contributed by atoms with Crippen molar-refractivity contribution in [2.75, 3.05) is 17.5 Å². The molecule has 42 heavy (non-hydrogen) atoms. The van der Waals surface area contributed by atoms with Gasteiger partial charge in [-0.05, 0) is 82.6 Å². The molecule has 11 heteroatoms. The van der Waals surface area contributed by atoms with Gasteiger partial charge in [0.05, 0.1) is 17.2 Å². The second kappa shape index (κ2) is 14.3. The van der Waals surface area contributed by atoms with E-state index in [9.17, 15) is 18.0 Å². The third-order valence-electron chi connectivity index (χ3n) is 6.32. The Labute approximate surface area is 258 Å². The number of ether oxygens (including phenoxy) is 1. The molecule has 8 nitrogen and oxygen atoms in total. The third-order valence-corrected chi connectivity index (χ3v) is 8.82. The van der Waals surface area contributed by atoms with E-state index in [1.54, 1.807) is 67.6 Å². The van der Waals surface area contributed by atoms with Crippen molar-refractivity contribution in [2.24, 2.45) is 0 Å². The quantitative estimate of drug-likeness (QED) is 0.252. The fourth-order valence-electron chi connectivity index (χ4n) is 4.35. The molecule has 1 N–H and O–H groups in total. The Morgan fingerprint density at radius 1 is 0.905 bits per heavy atom. The van der Waals surface area contributed by atoms with Gasteiger partial charge in [0.15, 0.2) is 0 Å². The van der Waals surface area contributed by atoms with Crippen LogP contribution >= 0.6 is 23.2 Å². The second-order valence-corrected chi connectivity index (χ2v) is 13.3. The fourth-order valence-corrected chi connectivity index (χ4v) is 6.28. The standard InChI is InChI=1S/C31H37Cl2N3O5S/c1-6-28(30(38)34-31(3,4)5)35(20-25-26(32)14-11-15-27(25)33)29(37)21-36(22-12-9-8-10-13-22)42(39,40)24-18-16-23(17-19-24)41-7-2/h8-19,28H,6-7,20-21H2,1-5H3,(H,34,38). The predicted octanol–water partition coefficient (Wildman–Crippen LogP) is 6.31. The van der Waals surface area contributed by atoms with Gasteiger partial charge in [-0.3, -0.25) is 13.9 Å². The van der Waals surface area contributed by atoms with Crippen LogP contribution in [0, 0.1) is 0 Å². The molecule has 1 unspecified atom stereocenters. The first-order valence-electron chi connectivity index (χ1n) is 13.6. The first-order valence-corrected chi connectivity index (χ1v) is 15.8. The number of sulfonamides is 1. The van der Waals surface area contributed by atoms with E-state index >= 15 is 0 Å². The lowest BCUT2D eigenvalue weighted by Crippen LogP contribution is -2.55. The van der Waals surface area contributed by atoms with E-state index < -0.39 is 34.1 Å². The Balaban J connectivity index is 2.08. The van der Waals surface area contributed by atoms with E-state index in [-0.39, 0.29) is 23.8 Å². The maximum Gasteiger partial charge on any atom is 0.264 e. The fraction of sp³-hybridized carbons (Fsp3) is 0.355. The highest BCUT2D eigenvalue weighted by atomic mass is 35.5. The molecule has 0 saturated carbocycles. The summed E-state index contributed by atoms with van der Waals surface area (Å²) >= 11 is 12.9. The van der Waals surface area contributed by atoms with Gasteiger partial charge in [0.1, 0.15) is 18.3 Å². The molecule has 0 heterocycles. The smallest absolute Gasteiger partial charge is 0.264 e. The van der Waals surface area contributed by atoms with Crippen molar-refractivity contribution in [1.82, 2.24) is 10.2 Å². The normalized spacial score (nSPS) is 12.4. The van der Waals surface area contributed by atoms with Crippen LogP contribution in [0.4, 0.5) is 5.69 Å². The monoisotopic (exact) mass is 633 g/mol. The molecule has 0 aromatic heterocycles. The first-order chi connectivity index (χ1) is 19.8. The number of rotatable bonds is 12. The number of benzene rings is 3.